The van der Waals surface area contributed by atoms with Gasteiger partial charge in [-0.25, -0.2) is 4.39 Å². The Bertz CT molecular complexity index is 1490. The Morgan fingerprint density at radius 3 is 2.34 bits per heavy atom. The second kappa shape index (κ2) is 11.7. The summed E-state index contributed by atoms with van der Waals surface area (Å²) in [7, 11) is 1.46. The molecule has 0 aliphatic rings. The number of rotatable bonds is 9. The third-order valence-corrected chi connectivity index (χ3v) is 6.37. The summed E-state index contributed by atoms with van der Waals surface area (Å²) in [6, 6.07) is 19.9. The van der Waals surface area contributed by atoms with E-state index in [4.69, 9.17) is 9.84 Å². The molecule has 0 saturated heterocycles. The SMILES string of the molecule is COc1cc(-c2cccc(-c3cccc(NC(=O)c4ccccn4)c3C)c2C)cc(F)c1CNCC(=O)O. The largest absolute Gasteiger partial charge is 0.496 e. The number of nitrogens with zero attached hydrogens (tertiary/aromatic N) is 1. The number of anilines is 1. The van der Waals surface area contributed by atoms with E-state index in [1.807, 2.05) is 50.2 Å². The van der Waals surface area contributed by atoms with Crippen molar-refractivity contribution in [3.8, 4) is 28.0 Å². The van der Waals surface area contributed by atoms with Gasteiger partial charge < -0.3 is 20.5 Å². The zero-order valence-electron chi connectivity index (χ0n) is 21.3. The maximum atomic E-state index is 15.1. The predicted molar refractivity (Wildman–Crippen MR) is 145 cm³/mol. The lowest BCUT2D eigenvalue weighted by molar-refractivity contribution is -0.136. The maximum Gasteiger partial charge on any atom is 0.317 e. The molecule has 0 spiro atoms. The number of aliphatic carboxylic acids is 1. The number of carboxylic acids is 1. The molecule has 3 aromatic carbocycles. The van der Waals surface area contributed by atoms with Gasteiger partial charge in [0.25, 0.3) is 5.91 Å². The maximum absolute atomic E-state index is 15.1. The fourth-order valence-corrected chi connectivity index (χ4v) is 4.40. The number of hydrogen-bond acceptors (Lipinski definition) is 5. The molecule has 0 aliphatic carbocycles. The first-order valence-corrected chi connectivity index (χ1v) is 12.0. The van der Waals surface area contributed by atoms with Crippen molar-refractivity contribution in [2.45, 2.75) is 20.4 Å². The number of halogens is 1. The Kier molecular flexibility index (Phi) is 8.13. The van der Waals surface area contributed by atoms with Gasteiger partial charge in [-0.15, -0.1) is 0 Å². The number of aromatic nitrogens is 1. The number of hydrogen-bond donors (Lipinski definition) is 3. The van der Waals surface area contributed by atoms with Crippen molar-refractivity contribution in [3.05, 3.63) is 101 Å². The lowest BCUT2D eigenvalue weighted by Crippen LogP contribution is -2.22. The van der Waals surface area contributed by atoms with E-state index >= 15 is 4.39 Å². The minimum Gasteiger partial charge on any atom is -0.496 e. The minimum atomic E-state index is -1.02. The zero-order chi connectivity index (χ0) is 27.2. The van der Waals surface area contributed by atoms with Crippen molar-refractivity contribution in [3.63, 3.8) is 0 Å². The molecule has 0 aliphatic heterocycles. The molecule has 0 fully saturated rings. The van der Waals surface area contributed by atoms with Gasteiger partial charge in [0.15, 0.2) is 0 Å². The number of ether oxygens (including phenoxy) is 1. The third-order valence-electron chi connectivity index (χ3n) is 6.37. The van der Waals surface area contributed by atoms with Crippen LogP contribution >= 0.6 is 0 Å². The van der Waals surface area contributed by atoms with Crippen LogP contribution in [0.25, 0.3) is 22.3 Å². The second-order valence-electron chi connectivity index (χ2n) is 8.76. The van der Waals surface area contributed by atoms with Gasteiger partial charge in [-0.1, -0.05) is 36.4 Å². The molecule has 1 heterocycles. The number of pyridine rings is 1. The molecule has 38 heavy (non-hydrogen) atoms. The molecule has 0 unspecified atom stereocenters. The Balaban J connectivity index is 1.68. The van der Waals surface area contributed by atoms with Crippen molar-refractivity contribution in [2.75, 3.05) is 19.0 Å². The first kappa shape index (κ1) is 26.5. The molecular formula is C30H28FN3O4. The van der Waals surface area contributed by atoms with Crippen molar-refractivity contribution in [1.82, 2.24) is 10.3 Å². The molecule has 0 bridgehead atoms. The number of amides is 1. The number of benzene rings is 3. The summed E-state index contributed by atoms with van der Waals surface area (Å²) in [6.07, 6.45) is 1.57. The van der Waals surface area contributed by atoms with E-state index in [0.717, 1.165) is 27.8 Å². The molecule has 1 aromatic heterocycles. The fraction of sp³-hybridized carbons (Fsp3) is 0.167. The monoisotopic (exact) mass is 513 g/mol. The molecule has 194 valence electrons. The number of carboxylic acid groups (broad SMARTS) is 1. The Morgan fingerprint density at radius 2 is 1.66 bits per heavy atom. The number of methoxy groups -OCH3 is 1. The highest BCUT2D eigenvalue weighted by atomic mass is 19.1. The van der Waals surface area contributed by atoms with Gasteiger partial charge in [0.2, 0.25) is 0 Å². The third kappa shape index (κ3) is 5.71. The Hall–Kier alpha value is -4.56. The quantitative estimate of drug-likeness (QED) is 0.269. The second-order valence-corrected chi connectivity index (χ2v) is 8.76. The van der Waals surface area contributed by atoms with Crippen LogP contribution in [0.5, 0.6) is 5.75 Å². The molecule has 0 atom stereocenters. The predicted octanol–water partition coefficient (Wildman–Crippen LogP) is 5.61. The average Bonchev–Trinajstić information content (AvgIpc) is 2.91. The lowest BCUT2D eigenvalue weighted by Gasteiger charge is -2.18. The molecule has 8 heteroatoms. The normalized spacial score (nSPS) is 10.7. The van der Waals surface area contributed by atoms with Crippen LogP contribution in [0.2, 0.25) is 0 Å². The summed E-state index contributed by atoms with van der Waals surface area (Å²) in [5.41, 5.74) is 6.43. The zero-order valence-corrected chi connectivity index (χ0v) is 21.3. The van der Waals surface area contributed by atoms with Gasteiger partial charge in [-0.3, -0.25) is 14.6 Å². The number of carbonyl (C=O) groups is 2. The molecule has 3 N–H and O–H groups in total. The van der Waals surface area contributed by atoms with Crippen LogP contribution in [0.15, 0.2) is 72.9 Å². The van der Waals surface area contributed by atoms with E-state index in [0.29, 0.717) is 22.7 Å². The number of carbonyl (C=O) groups excluding carboxylic acids is 1. The van der Waals surface area contributed by atoms with Crippen molar-refractivity contribution >= 4 is 17.6 Å². The van der Waals surface area contributed by atoms with E-state index in [9.17, 15) is 9.59 Å². The van der Waals surface area contributed by atoms with Crippen LogP contribution in [-0.2, 0) is 11.3 Å². The Morgan fingerprint density at radius 1 is 0.947 bits per heavy atom. The molecule has 0 radical (unpaired) electrons. The van der Waals surface area contributed by atoms with Crippen LogP contribution in [0, 0.1) is 19.7 Å². The van der Waals surface area contributed by atoms with Gasteiger partial charge >= 0.3 is 5.97 Å². The van der Waals surface area contributed by atoms with Gasteiger partial charge in [0.1, 0.15) is 17.3 Å². The first-order valence-electron chi connectivity index (χ1n) is 12.0. The van der Waals surface area contributed by atoms with Gasteiger partial charge in [0.05, 0.1) is 13.7 Å². The molecule has 0 saturated carbocycles. The summed E-state index contributed by atoms with van der Waals surface area (Å²) >= 11 is 0. The fourth-order valence-electron chi connectivity index (χ4n) is 4.40. The molecular weight excluding hydrogens is 485 g/mol. The highest BCUT2D eigenvalue weighted by Crippen LogP contribution is 2.37. The molecule has 4 aromatic rings. The molecule has 7 nitrogen and oxygen atoms in total. The van der Waals surface area contributed by atoms with Gasteiger partial charge in [0, 0.05) is 24.0 Å². The smallest absolute Gasteiger partial charge is 0.317 e. The van der Waals surface area contributed by atoms with Crippen LogP contribution in [-0.4, -0.2) is 35.6 Å². The van der Waals surface area contributed by atoms with E-state index in [-0.39, 0.29) is 24.6 Å². The summed E-state index contributed by atoms with van der Waals surface area (Å²) in [5.74, 6) is -1.48. The van der Waals surface area contributed by atoms with Gasteiger partial charge in [-0.05, 0) is 77.6 Å². The minimum absolute atomic E-state index is 0.0246. The lowest BCUT2D eigenvalue weighted by atomic mass is 9.90. The van der Waals surface area contributed by atoms with E-state index < -0.39 is 11.8 Å². The van der Waals surface area contributed by atoms with E-state index in [2.05, 4.69) is 15.6 Å². The van der Waals surface area contributed by atoms with Crippen molar-refractivity contribution < 1.29 is 23.8 Å². The summed E-state index contributed by atoms with van der Waals surface area (Å²) < 4.78 is 20.6. The summed E-state index contributed by atoms with van der Waals surface area (Å²) in [4.78, 5) is 27.6. The van der Waals surface area contributed by atoms with Crippen molar-refractivity contribution in [2.24, 2.45) is 0 Å². The molecule has 1 amide bonds. The highest BCUT2D eigenvalue weighted by molar-refractivity contribution is 6.03. The number of nitrogens with one attached hydrogen (secondary N) is 2. The van der Waals surface area contributed by atoms with E-state index in [1.54, 1.807) is 30.5 Å². The van der Waals surface area contributed by atoms with Crippen LogP contribution in [0.3, 0.4) is 0 Å². The highest BCUT2D eigenvalue weighted by Gasteiger charge is 2.17. The summed E-state index contributed by atoms with van der Waals surface area (Å²) in [5, 5.41) is 14.5. The average molecular weight is 514 g/mol. The van der Waals surface area contributed by atoms with Crippen molar-refractivity contribution in [1.29, 1.82) is 0 Å². The van der Waals surface area contributed by atoms with E-state index in [1.165, 1.54) is 13.2 Å². The topological polar surface area (TPSA) is 101 Å². The van der Waals surface area contributed by atoms with Gasteiger partial charge in [-0.2, -0.15) is 0 Å². The standard InChI is InChI=1S/C30H28FN3O4/c1-18-21(20-14-25(31)24(28(15-20)38-3)16-32-17-29(35)36)8-6-9-22(18)23-10-7-12-26(19(23)2)34-30(37)27-11-4-5-13-33-27/h4-15,32H,16-17H2,1-3H3,(H,34,37)(H,35,36). The Labute approximate surface area is 220 Å². The van der Waals surface area contributed by atoms with Crippen LogP contribution < -0.4 is 15.4 Å². The summed E-state index contributed by atoms with van der Waals surface area (Å²) in [6.45, 7) is 3.65. The first-order chi connectivity index (χ1) is 18.3. The van der Waals surface area contributed by atoms with Crippen LogP contribution in [0.1, 0.15) is 27.2 Å². The van der Waals surface area contributed by atoms with Crippen LogP contribution in [0.4, 0.5) is 10.1 Å². The molecule has 4 rings (SSSR count).